The molecule has 2 N–H and O–H groups in total. The van der Waals surface area contributed by atoms with Crippen molar-refractivity contribution >= 4 is 22.3 Å². The van der Waals surface area contributed by atoms with Crippen molar-refractivity contribution in [1.29, 1.82) is 0 Å². The van der Waals surface area contributed by atoms with Gasteiger partial charge in [-0.1, -0.05) is 50.6 Å². The van der Waals surface area contributed by atoms with E-state index in [0.29, 0.717) is 5.56 Å². The lowest BCUT2D eigenvalue weighted by Crippen LogP contribution is -1.97. The minimum absolute atomic E-state index is 0.0495. The number of Topliss-reactive ketones (excluding diaryl/α,β-unsaturated/α-hetero) is 1. The third-order valence-electron chi connectivity index (χ3n) is 5.04. The summed E-state index contributed by atoms with van der Waals surface area (Å²) >= 11 is 0. The van der Waals surface area contributed by atoms with Crippen LogP contribution in [-0.4, -0.2) is 39.7 Å². The summed E-state index contributed by atoms with van der Waals surface area (Å²) in [4.78, 5) is 19.7. The number of aromatic nitrogens is 2. The average Bonchev–Trinajstić information content (AvgIpc) is 2.84. The summed E-state index contributed by atoms with van der Waals surface area (Å²) in [5.74, 6) is 0.0495. The number of allylic oxidation sites excluding steroid dienone is 2. The van der Waals surface area contributed by atoms with Crippen LogP contribution in [0.25, 0.3) is 16.5 Å². The first-order valence-electron chi connectivity index (χ1n) is 11.6. The predicted octanol–water partition coefficient (Wildman–Crippen LogP) is 5.95. The summed E-state index contributed by atoms with van der Waals surface area (Å²) in [5.41, 5.74) is 6.50. The van der Waals surface area contributed by atoms with Gasteiger partial charge in [-0.3, -0.25) is 14.8 Å². The highest BCUT2D eigenvalue weighted by atomic mass is 16.3. The molecule has 0 unspecified atom stereocenters. The zero-order chi connectivity index (χ0) is 24.6. The molecule has 3 aromatic rings. The van der Waals surface area contributed by atoms with E-state index in [-0.39, 0.29) is 12.4 Å². The minimum atomic E-state index is 0.0495. The fourth-order valence-electron chi connectivity index (χ4n) is 3.54. The summed E-state index contributed by atoms with van der Waals surface area (Å²) in [5, 5.41) is 16.6. The van der Waals surface area contributed by atoms with E-state index in [2.05, 4.69) is 54.2 Å². The van der Waals surface area contributed by atoms with Gasteiger partial charge in [-0.2, -0.15) is 0 Å². The number of pyridine rings is 2. The van der Waals surface area contributed by atoms with E-state index < -0.39 is 0 Å². The monoisotopic (exact) mass is 450 g/mol. The van der Waals surface area contributed by atoms with Gasteiger partial charge in [0.15, 0.2) is 5.78 Å². The topological polar surface area (TPSA) is 83.3 Å². The highest BCUT2D eigenvalue weighted by Crippen LogP contribution is 2.21. The zero-order valence-electron chi connectivity index (χ0n) is 20.6. The van der Waals surface area contributed by atoms with Crippen LogP contribution >= 0.6 is 0 Å². The van der Waals surface area contributed by atoms with Crippen LogP contribution in [0.4, 0.5) is 0 Å². The van der Waals surface area contributed by atoms with E-state index in [4.69, 9.17) is 10.2 Å². The SMILES string of the molecule is CC(=O)c1cc(C)nc2ccncc12.CC/C=C(\CCC)c1ccc(CCCO)cc1.CO. The Bertz CT molecular complexity index is 1010. The first kappa shape index (κ1) is 28.1. The third-order valence-corrected chi connectivity index (χ3v) is 5.04. The quantitative estimate of drug-likeness (QED) is 0.414. The Labute approximate surface area is 198 Å². The van der Waals surface area contributed by atoms with Gasteiger partial charge in [0, 0.05) is 42.8 Å². The van der Waals surface area contributed by atoms with Crippen molar-refractivity contribution in [2.45, 2.75) is 59.8 Å². The molecule has 0 bridgehead atoms. The molecule has 5 nitrogen and oxygen atoms in total. The van der Waals surface area contributed by atoms with Gasteiger partial charge >= 0.3 is 0 Å². The van der Waals surface area contributed by atoms with Crippen LogP contribution in [0.2, 0.25) is 0 Å². The summed E-state index contributed by atoms with van der Waals surface area (Å²) < 4.78 is 0. The molecule has 0 aliphatic carbocycles. The van der Waals surface area contributed by atoms with Crippen molar-refractivity contribution < 1.29 is 15.0 Å². The van der Waals surface area contributed by atoms with Gasteiger partial charge in [0.2, 0.25) is 0 Å². The maximum absolute atomic E-state index is 11.4. The third kappa shape index (κ3) is 9.24. The Morgan fingerprint density at radius 3 is 2.36 bits per heavy atom. The molecule has 0 fully saturated rings. The van der Waals surface area contributed by atoms with Crippen LogP contribution in [-0.2, 0) is 6.42 Å². The number of benzene rings is 1. The molecular weight excluding hydrogens is 412 g/mol. The number of nitrogens with zero attached hydrogens (tertiary/aromatic N) is 2. The maximum Gasteiger partial charge on any atom is 0.160 e. The average molecular weight is 451 g/mol. The number of aryl methyl sites for hydroxylation is 2. The number of carbonyl (C=O) groups excluding carboxylic acids is 1. The molecule has 0 atom stereocenters. The number of aliphatic hydroxyl groups is 2. The Morgan fingerprint density at radius 1 is 1.09 bits per heavy atom. The second kappa shape index (κ2) is 15.8. The second-order valence-electron chi connectivity index (χ2n) is 7.67. The number of fused-ring (bicyclic) bond motifs is 1. The minimum Gasteiger partial charge on any atom is -0.400 e. The molecule has 1 aromatic carbocycles. The first-order valence-corrected chi connectivity index (χ1v) is 11.6. The molecule has 2 heterocycles. The molecule has 0 saturated heterocycles. The van der Waals surface area contributed by atoms with E-state index in [1.54, 1.807) is 25.4 Å². The molecular formula is C28H38N2O3. The summed E-state index contributed by atoms with van der Waals surface area (Å²) in [6.45, 7) is 8.12. The molecule has 0 aliphatic rings. The maximum atomic E-state index is 11.4. The Kier molecular flexibility index (Phi) is 13.5. The summed E-state index contributed by atoms with van der Waals surface area (Å²) in [7, 11) is 1.00. The molecule has 0 radical (unpaired) electrons. The number of ketones is 1. The zero-order valence-corrected chi connectivity index (χ0v) is 20.6. The molecule has 3 rings (SSSR count). The molecule has 33 heavy (non-hydrogen) atoms. The smallest absolute Gasteiger partial charge is 0.160 e. The standard InChI is InChI=1S/C16H24O.C11H10N2O.CH4O/c1-3-6-15(7-4-2)16-11-9-14(10-12-16)8-5-13-17;1-7-5-9(8(2)14)10-6-12-4-3-11(10)13-7;1-2/h6,9-12,17H,3-5,7-8,13H2,1-2H3;3-6H,1-2H3;2H,1H3/b15-6+;;. The Hall–Kier alpha value is -2.89. The van der Waals surface area contributed by atoms with E-state index >= 15 is 0 Å². The number of hydrogen-bond acceptors (Lipinski definition) is 5. The van der Waals surface area contributed by atoms with Crippen molar-refractivity contribution in [1.82, 2.24) is 9.97 Å². The highest BCUT2D eigenvalue weighted by molar-refractivity contribution is 6.05. The second-order valence-corrected chi connectivity index (χ2v) is 7.67. The van der Waals surface area contributed by atoms with Crippen molar-refractivity contribution in [2.75, 3.05) is 13.7 Å². The van der Waals surface area contributed by atoms with Crippen LogP contribution in [0, 0.1) is 6.92 Å². The van der Waals surface area contributed by atoms with E-state index in [1.807, 2.05) is 13.0 Å². The molecule has 2 aromatic heterocycles. The number of carbonyl (C=O) groups is 1. The van der Waals surface area contributed by atoms with Gasteiger partial charge in [0.05, 0.1) is 5.52 Å². The van der Waals surface area contributed by atoms with Gasteiger partial charge in [-0.15, -0.1) is 0 Å². The lowest BCUT2D eigenvalue weighted by atomic mass is 9.98. The van der Waals surface area contributed by atoms with Gasteiger partial charge in [-0.25, -0.2) is 0 Å². The lowest BCUT2D eigenvalue weighted by molar-refractivity contribution is 0.101. The van der Waals surface area contributed by atoms with Crippen molar-refractivity contribution in [3.63, 3.8) is 0 Å². The summed E-state index contributed by atoms with van der Waals surface area (Å²) in [6.07, 6.45) is 11.0. The normalized spacial score (nSPS) is 10.7. The van der Waals surface area contributed by atoms with Crippen LogP contribution in [0.3, 0.4) is 0 Å². The predicted molar refractivity (Wildman–Crippen MR) is 137 cm³/mol. The molecule has 0 saturated carbocycles. The first-order chi connectivity index (χ1) is 16.0. The van der Waals surface area contributed by atoms with Crippen LogP contribution in [0.5, 0.6) is 0 Å². The summed E-state index contributed by atoms with van der Waals surface area (Å²) in [6, 6.07) is 12.4. The number of aliphatic hydroxyl groups excluding tert-OH is 2. The van der Waals surface area contributed by atoms with Crippen LogP contribution in [0.1, 0.15) is 73.6 Å². The van der Waals surface area contributed by atoms with E-state index in [1.165, 1.54) is 23.1 Å². The fourth-order valence-corrected chi connectivity index (χ4v) is 3.54. The molecule has 178 valence electrons. The molecule has 0 amide bonds. The number of rotatable bonds is 8. The van der Waals surface area contributed by atoms with Crippen LogP contribution in [0.15, 0.2) is 54.9 Å². The Morgan fingerprint density at radius 2 is 1.79 bits per heavy atom. The van der Waals surface area contributed by atoms with Gasteiger partial charge in [-0.05, 0) is 68.4 Å². The van der Waals surface area contributed by atoms with Crippen molar-refractivity contribution in [3.05, 3.63) is 77.3 Å². The highest BCUT2D eigenvalue weighted by Gasteiger charge is 2.07. The fraction of sp³-hybridized carbons (Fsp3) is 0.393. The van der Waals surface area contributed by atoms with E-state index in [0.717, 1.165) is 49.4 Å². The molecule has 0 aliphatic heterocycles. The van der Waals surface area contributed by atoms with E-state index in [9.17, 15) is 4.79 Å². The largest absolute Gasteiger partial charge is 0.400 e. The van der Waals surface area contributed by atoms with Crippen molar-refractivity contribution in [3.8, 4) is 0 Å². The number of hydrogen-bond donors (Lipinski definition) is 2. The lowest BCUT2D eigenvalue weighted by Gasteiger charge is -2.08. The van der Waals surface area contributed by atoms with Crippen LogP contribution < -0.4 is 0 Å². The van der Waals surface area contributed by atoms with Gasteiger partial charge in [0.1, 0.15) is 0 Å². The van der Waals surface area contributed by atoms with Gasteiger partial charge < -0.3 is 10.2 Å². The molecule has 0 spiro atoms. The van der Waals surface area contributed by atoms with Gasteiger partial charge in [0.25, 0.3) is 0 Å². The van der Waals surface area contributed by atoms with Crippen molar-refractivity contribution in [2.24, 2.45) is 0 Å². The molecule has 5 heteroatoms. The Balaban J connectivity index is 0.000000311.